The summed E-state index contributed by atoms with van der Waals surface area (Å²) in [5, 5.41) is 1.50. The Morgan fingerprint density at radius 3 is 2.81 bits per heavy atom. The second-order valence-corrected chi connectivity index (χ2v) is 6.51. The van der Waals surface area contributed by atoms with Crippen LogP contribution in [0.4, 0.5) is 4.39 Å². The molecule has 0 aliphatic rings. The Morgan fingerprint density at radius 1 is 1.15 bits per heavy atom. The molecule has 0 bridgehead atoms. The highest BCUT2D eigenvalue weighted by atomic mass is 35.5. The summed E-state index contributed by atoms with van der Waals surface area (Å²) in [7, 11) is 1.38. The predicted molar refractivity (Wildman–Crippen MR) is 102 cm³/mol. The van der Waals surface area contributed by atoms with Crippen LogP contribution in [0.3, 0.4) is 0 Å². The topological polar surface area (TPSA) is 63.7 Å². The Kier molecular flexibility index (Phi) is 4.73. The lowest BCUT2D eigenvalue weighted by molar-refractivity contribution is 0.368. The minimum atomic E-state index is -0.495. The number of aromatic nitrogens is 4. The molecule has 4 aromatic heterocycles. The number of pyridine rings is 3. The van der Waals surface area contributed by atoms with E-state index < -0.39 is 5.82 Å². The van der Waals surface area contributed by atoms with Crippen LogP contribution in [0.5, 0.6) is 5.88 Å². The average molecular weight is 383 g/mol. The first-order valence-corrected chi connectivity index (χ1v) is 8.75. The quantitative estimate of drug-likeness (QED) is 0.522. The number of halogens is 2. The largest absolute Gasteiger partial charge is 0.479 e. The molecular weight excluding hydrogens is 367 g/mol. The summed E-state index contributed by atoms with van der Waals surface area (Å²) in [5.41, 5.74) is 4.32. The first kappa shape index (κ1) is 17.4. The zero-order valence-electron chi connectivity index (χ0n) is 14.5. The van der Waals surface area contributed by atoms with E-state index in [-0.39, 0.29) is 5.88 Å². The van der Waals surface area contributed by atoms with Gasteiger partial charge in [0.05, 0.1) is 7.11 Å². The number of hydrogen-bond donors (Lipinski definition) is 1. The SMILES string of the molecule is COc1ncc(Cc2ccc(Cc3c[nH]c4ncccc34)c(Cl)n2)cc1F. The van der Waals surface area contributed by atoms with Gasteiger partial charge in [0.2, 0.25) is 5.88 Å². The third-order valence-electron chi connectivity index (χ3n) is 4.34. The molecule has 0 aliphatic carbocycles. The maximum Gasteiger partial charge on any atom is 0.250 e. The number of methoxy groups -OCH3 is 1. The van der Waals surface area contributed by atoms with Crippen LogP contribution < -0.4 is 4.74 Å². The van der Waals surface area contributed by atoms with E-state index in [4.69, 9.17) is 16.3 Å². The maximum atomic E-state index is 13.8. The third-order valence-corrected chi connectivity index (χ3v) is 4.67. The minimum absolute atomic E-state index is 0.0201. The van der Waals surface area contributed by atoms with Gasteiger partial charge >= 0.3 is 0 Å². The molecule has 27 heavy (non-hydrogen) atoms. The van der Waals surface area contributed by atoms with Crippen molar-refractivity contribution in [2.75, 3.05) is 7.11 Å². The van der Waals surface area contributed by atoms with E-state index in [1.165, 1.54) is 13.2 Å². The van der Waals surface area contributed by atoms with Crippen LogP contribution in [0.1, 0.15) is 22.4 Å². The summed E-state index contributed by atoms with van der Waals surface area (Å²) in [4.78, 5) is 15.9. The highest BCUT2D eigenvalue weighted by Crippen LogP contribution is 2.24. The van der Waals surface area contributed by atoms with Crippen molar-refractivity contribution < 1.29 is 9.13 Å². The van der Waals surface area contributed by atoms with Crippen molar-refractivity contribution in [3.05, 3.63) is 82.3 Å². The number of rotatable bonds is 5. The minimum Gasteiger partial charge on any atom is -0.479 e. The van der Waals surface area contributed by atoms with Crippen LogP contribution in [-0.2, 0) is 12.8 Å². The molecule has 5 nitrogen and oxygen atoms in total. The van der Waals surface area contributed by atoms with Gasteiger partial charge in [0.15, 0.2) is 5.82 Å². The van der Waals surface area contributed by atoms with Crippen molar-refractivity contribution in [1.29, 1.82) is 0 Å². The lowest BCUT2D eigenvalue weighted by atomic mass is 10.1. The van der Waals surface area contributed by atoms with Crippen LogP contribution in [-0.4, -0.2) is 27.0 Å². The van der Waals surface area contributed by atoms with Gasteiger partial charge < -0.3 is 9.72 Å². The predicted octanol–water partition coefficient (Wildman–Crippen LogP) is 4.34. The van der Waals surface area contributed by atoms with Crippen molar-refractivity contribution in [3.63, 3.8) is 0 Å². The molecule has 4 rings (SSSR count). The highest BCUT2D eigenvalue weighted by molar-refractivity contribution is 6.30. The van der Waals surface area contributed by atoms with Crippen molar-refractivity contribution in [2.45, 2.75) is 12.8 Å². The number of nitrogens with zero attached hydrogens (tertiary/aromatic N) is 3. The van der Waals surface area contributed by atoms with Crippen LogP contribution >= 0.6 is 11.6 Å². The molecule has 0 aromatic carbocycles. The number of H-pyrrole nitrogens is 1. The third kappa shape index (κ3) is 3.61. The molecule has 0 aliphatic heterocycles. The van der Waals surface area contributed by atoms with Gasteiger partial charge in [-0.25, -0.2) is 19.3 Å². The lowest BCUT2D eigenvalue weighted by Gasteiger charge is -2.07. The van der Waals surface area contributed by atoms with Crippen LogP contribution in [0.15, 0.2) is 48.9 Å². The van der Waals surface area contributed by atoms with Crippen molar-refractivity contribution >= 4 is 22.6 Å². The fraction of sp³-hybridized carbons (Fsp3) is 0.150. The van der Waals surface area contributed by atoms with Gasteiger partial charge in [-0.15, -0.1) is 0 Å². The Bertz CT molecular complexity index is 1110. The van der Waals surface area contributed by atoms with Crippen molar-refractivity contribution in [2.24, 2.45) is 0 Å². The fourth-order valence-corrected chi connectivity index (χ4v) is 3.25. The second kappa shape index (κ2) is 7.32. The summed E-state index contributed by atoms with van der Waals surface area (Å²) in [6, 6.07) is 9.18. The molecule has 0 amide bonds. The summed E-state index contributed by atoms with van der Waals surface area (Å²) in [6.45, 7) is 0. The molecule has 0 radical (unpaired) electrons. The monoisotopic (exact) mass is 382 g/mol. The van der Waals surface area contributed by atoms with Gasteiger partial charge in [-0.2, -0.15) is 0 Å². The Morgan fingerprint density at radius 2 is 2.04 bits per heavy atom. The van der Waals surface area contributed by atoms with E-state index in [0.717, 1.165) is 27.9 Å². The van der Waals surface area contributed by atoms with Crippen LogP contribution in [0.25, 0.3) is 11.0 Å². The van der Waals surface area contributed by atoms with Gasteiger partial charge in [0.1, 0.15) is 10.8 Å². The van der Waals surface area contributed by atoms with Crippen molar-refractivity contribution in [3.8, 4) is 5.88 Å². The molecule has 4 aromatic rings. The number of nitrogens with one attached hydrogen (secondary N) is 1. The first-order chi connectivity index (χ1) is 13.1. The molecule has 0 fully saturated rings. The summed E-state index contributed by atoms with van der Waals surface area (Å²) in [5.74, 6) is -0.515. The molecule has 0 unspecified atom stereocenters. The Labute approximate surface area is 160 Å². The van der Waals surface area contributed by atoms with E-state index in [9.17, 15) is 4.39 Å². The number of aromatic amines is 1. The Hall–Kier alpha value is -2.99. The highest BCUT2D eigenvalue weighted by Gasteiger charge is 2.11. The van der Waals surface area contributed by atoms with Gasteiger partial charge in [0.25, 0.3) is 0 Å². The molecule has 136 valence electrons. The normalized spacial score (nSPS) is 11.1. The number of hydrogen-bond acceptors (Lipinski definition) is 4. The molecule has 7 heteroatoms. The lowest BCUT2D eigenvalue weighted by Crippen LogP contribution is -1.99. The van der Waals surface area contributed by atoms with E-state index in [1.54, 1.807) is 12.4 Å². The fourth-order valence-electron chi connectivity index (χ4n) is 3.02. The summed E-state index contributed by atoms with van der Waals surface area (Å²) >= 11 is 6.40. The smallest absolute Gasteiger partial charge is 0.250 e. The molecule has 0 saturated carbocycles. The molecule has 0 spiro atoms. The molecule has 4 heterocycles. The maximum absolute atomic E-state index is 13.8. The van der Waals surface area contributed by atoms with Gasteiger partial charge in [-0.1, -0.05) is 17.7 Å². The molecule has 0 atom stereocenters. The van der Waals surface area contributed by atoms with Crippen LogP contribution in [0, 0.1) is 5.82 Å². The molecule has 1 N–H and O–H groups in total. The average Bonchev–Trinajstić information content (AvgIpc) is 3.07. The zero-order chi connectivity index (χ0) is 18.8. The van der Waals surface area contributed by atoms with Gasteiger partial charge in [0, 0.05) is 42.5 Å². The summed E-state index contributed by atoms with van der Waals surface area (Å²) < 4.78 is 18.6. The van der Waals surface area contributed by atoms with Gasteiger partial charge in [-0.05, 0) is 41.0 Å². The van der Waals surface area contributed by atoms with E-state index in [0.29, 0.717) is 23.6 Å². The van der Waals surface area contributed by atoms with Crippen molar-refractivity contribution in [1.82, 2.24) is 19.9 Å². The standard InChI is InChI=1S/C20H16ClFN4O/c1-27-20-17(22)8-12(10-25-20)7-15-5-4-13(18(21)26-15)9-14-11-24-19-16(14)3-2-6-23-19/h2-6,8,10-11H,7,9H2,1H3,(H,23,24). The zero-order valence-corrected chi connectivity index (χ0v) is 15.3. The molecule has 0 saturated heterocycles. The Balaban J connectivity index is 1.55. The second-order valence-electron chi connectivity index (χ2n) is 6.15. The van der Waals surface area contributed by atoms with E-state index in [1.807, 2.05) is 30.5 Å². The van der Waals surface area contributed by atoms with E-state index >= 15 is 0 Å². The summed E-state index contributed by atoms with van der Waals surface area (Å²) in [6.07, 6.45) is 6.35. The first-order valence-electron chi connectivity index (χ1n) is 8.37. The number of fused-ring (bicyclic) bond motifs is 1. The van der Waals surface area contributed by atoms with E-state index in [2.05, 4.69) is 19.9 Å². The van der Waals surface area contributed by atoms with Gasteiger partial charge in [-0.3, -0.25) is 0 Å². The molecular formula is C20H16ClFN4O. The number of ether oxygens (including phenoxy) is 1. The van der Waals surface area contributed by atoms with Crippen LogP contribution in [0.2, 0.25) is 5.15 Å².